The zero-order chi connectivity index (χ0) is 21.1. The van der Waals surface area contributed by atoms with Crippen LogP contribution in [0.3, 0.4) is 0 Å². The Morgan fingerprint density at radius 2 is 1.80 bits per heavy atom. The fourth-order valence-corrected chi connectivity index (χ4v) is 4.13. The molecule has 0 spiro atoms. The molecule has 0 amide bonds. The molecule has 1 fully saturated rings. The number of ketones is 1. The molecule has 156 valence electrons. The molecule has 4 rings (SSSR count). The molecule has 0 aromatic heterocycles. The van der Waals surface area contributed by atoms with Gasteiger partial charge in [-0.05, 0) is 36.6 Å². The van der Waals surface area contributed by atoms with Crippen molar-refractivity contribution in [2.45, 2.75) is 37.6 Å². The van der Waals surface area contributed by atoms with Crippen molar-refractivity contribution in [1.82, 2.24) is 0 Å². The van der Waals surface area contributed by atoms with Crippen LogP contribution in [0.25, 0.3) is 0 Å². The Morgan fingerprint density at radius 3 is 2.50 bits per heavy atom. The highest BCUT2D eigenvalue weighted by Gasteiger charge is 2.43. The minimum Gasteiger partial charge on any atom is -0.463 e. The topological polar surface area (TPSA) is 61.8 Å². The van der Waals surface area contributed by atoms with Crippen molar-refractivity contribution in [3.63, 3.8) is 0 Å². The van der Waals surface area contributed by atoms with E-state index in [9.17, 15) is 14.0 Å². The molecule has 1 saturated heterocycles. The molecule has 2 aromatic carbocycles. The van der Waals surface area contributed by atoms with E-state index in [1.54, 1.807) is 30.3 Å². The number of hydrogen-bond donors (Lipinski definition) is 0. The van der Waals surface area contributed by atoms with Gasteiger partial charge in [-0.15, -0.1) is 0 Å². The fourth-order valence-electron chi connectivity index (χ4n) is 4.13. The molecule has 4 atom stereocenters. The SMILES string of the molecule is COC(=O)C1=C[C@H](c2ccc(F)cc2)[C@H]2CC[C@H](CC(=O)c3ccccc3)O[C@H]2O1. The molecule has 2 aliphatic rings. The van der Waals surface area contributed by atoms with Crippen LogP contribution in [0.4, 0.5) is 4.39 Å². The molecule has 2 aromatic rings. The van der Waals surface area contributed by atoms with Crippen LogP contribution in [-0.2, 0) is 19.0 Å². The van der Waals surface area contributed by atoms with Crippen molar-refractivity contribution in [2.75, 3.05) is 7.11 Å². The van der Waals surface area contributed by atoms with Gasteiger partial charge < -0.3 is 14.2 Å². The van der Waals surface area contributed by atoms with Crippen LogP contribution in [0, 0.1) is 11.7 Å². The maximum Gasteiger partial charge on any atom is 0.373 e. The van der Waals surface area contributed by atoms with Crippen LogP contribution in [0.1, 0.15) is 41.1 Å². The molecule has 2 aliphatic heterocycles. The smallest absolute Gasteiger partial charge is 0.373 e. The monoisotopic (exact) mass is 410 g/mol. The number of methoxy groups -OCH3 is 1. The highest BCUT2D eigenvalue weighted by Crippen LogP contribution is 2.43. The Morgan fingerprint density at radius 1 is 1.07 bits per heavy atom. The number of Topliss-reactive ketones (excluding diaryl/α,β-unsaturated/α-hetero) is 1. The highest BCUT2D eigenvalue weighted by atomic mass is 19.1. The second kappa shape index (κ2) is 8.79. The molecule has 2 heterocycles. The number of allylic oxidation sites excluding steroid dienone is 1. The number of hydrogen-bond acceptors (Lipinski definition) is 5. The van der Waals surface area contributed by atoms with E-state index < -0.39 is 12.3 Å². The number of carbonyl (C=O) groups excluding carboxylic acids is 2. The Hall–Kier alpha value is -2.99. The lowest BCUT2D eigenvalue weighted by Gasteiger charge is -2.42. The van der Waals surface area contributed by atoms with Crippen LogP contribution in [-0.4, -0.2) is 31.3 Å². The van der Waals surface area contributed by atoms with Gasteiger partial charge >= 0.3 is 5.97 Å². The minimum atomic E-state index is -0.679. The predicted octanol–water partition coefficient (Wildman–Crippen LogP) is 4.39. The van der Waals surface area contributed by atoms with Crippen molar-refractivity contribution in [3.05, 3.63) is 83.4 Å². The summed E-state index contributed by atoms with van der Waals surface area (Å²) in [7, 11) is 1.29. The van der Waals surface area contributed by atoms with Crippen LogP contribution >= 0.6 is 0 Å². The van der Waals surface area contributed by atoms with E-state index in [1.807, 2.05) is 18.2 Å². The normalized spacial score (nSPS) is 25.5. The van der Waals surface area contributed by atoms with Gasteiger partial charge in [0.15, 0.2) is 5.78 Å². The van der Waals surface area contributed by atoms with E-state index in [0.29, 0.717) is 12.0 Å². The van der Waals surface area contributed by atoms with Crippen LogP contribution in [0.15, 0.2) is 66.4 Å². The number of ether oxygens (including phenoxy) is 3. The van der Waals surface area contributed by atoms with Gasteiger partial charge in [0.2, 0.25) is 12.0 Å². The molecule has 0 radical (unpaired) electrons. The summed E-state index contributed by atoms with van der Waals surface area (Å²) in [4.78, 5) is 24.7. The van der Waals surface area contributed by atoms with Gasteiger partial charge in [-0.2, -0.15) is 0 Å². The third-order valence-corrected chi connectivity index (χ3v) is 5.68. The molecule has 5 nitrogen and oxygen atoms in total. The van der Waals surface area contributed by atoms with Gasteiger partial charge in [0, 0.05) is 23.8 Å². The first-order chi connectivity index (χ1) is 14.5. The Kier molecular flexibility index (Phi) is 5.95. The standard InChI is InChI=1S/C24H23FO5/c1-28-23(27)22-14-20(15-7-9-17(25)10-8-15)19-12-11-18(29-24(19)30-22)13-21(26)16-5-3-2-4-6-16/h2-10,14,18-20,24H,11-13H2,1H3/t18-,19-,20-,24+/m1/s1. The zero-order valence-corrected chi connectivity index (χ0v) is 16.6. The van der Waals surface area contributed by atoms with Crippen LogP contribution in [0.2, 0.25) is 0 Å². The number of esters is 1. The molecule has 0 aliphatic carbocycles. The lowest BCUT2D eigenvalue weighted by Crippen LogP contribution is -2.43. The average Bonchev–Trinajstić information content (AvgIpc) is 2.78. The van der Waals surface area contributed by atoms with Gasteiger partial charge in [0.05, 0.1) is 13.2 Å². The quantitative estimate of drug-likeness (QED) is 0.540. The Labute approximate surface area is 174 Å². The van der Waals surface area contributed by atoms with Crippen LogP contribution < -0.4 is 0 Å². The first kappa shape index (κ1) is 20.3. The summed E-state index contributed by atoms with van der Waals surface area (Å²) in [5.74, 6) is -1.06. The maximum absolute atomic E-state index is 13.4. The third-order valence-electron chi connectivity index (χ3n) is 5.68. The summed E-state index contributed by atoms with van der Waals surface area (Å²) in [5.41, 5.74) is 1.52. The molecule has 0 unspecified atom stereocenters. The summed E-state index contributed by atoms with van der Waals surface area (Å²) in [5, 5.41) is 0. The number of fused-ring (bicyclic) bond motifs is 1. The lowest BCUT2D eigenvalue weighted by atomic mass is 9.78. The van der Waals surface area contributed by atoms with E-state index in [2.05, 4.69) is 0 Å². The second-order valence-corrected chi connectivity index (χ2v) is 7.58. The van der Waals surface area contributed by atoms with Gasteiger partial charge in [-0.1, -0.05) is 42.5 Å². The van der Waals surface area contributed by atoms with Crippen molar-refractivity contribution < 1.29 is 28.2 Å². The van der Waals surface area contributed by atoms with Gasteiger partial charge in [0.1, 0.15) is 5.82 Å². The predicted molar refractivity (Wildman–Crippen MR) is 107 cm³/mol. The van der Waals surface area contributed by atoms with Crippen LogP contribution in [0.5, 0.6) is 0 Å². The second-order valence-electron chi connectivity index (χ2n) is 7.58. The molecule has 0 bridgehead atoms. The summed E-state index contributed by atoms with van der Waals surface area (Å²) in [6.07, 6.45) is 2.44. The maximum atomic E-state index is 13.4. The summed E-state index contributed by atoms with van der Waals surface area (Å²) < 4.78 is 30.1. The van der Waals surface area contributed by atoms with E-state index >= 15 is 0 Å². The van der Waals surface area contributed by atoms with E-state index in [-0.39, 0.29) is 41.7 Å². The van der Waals surface area contributed by atoms with Crippen molar-refractivity contribution in [1.29, 1.82) is 0 Å². The largest absolute Gasteiger partial charge is 0.463 e. The number of benzene rings is 2. The average molecular weight is 410 g/mol. The summed E-state index contributed by atoms with van der Waals surface area (Å²) in [6, 6.07) is 15.3. The van der Waals surface area contributed by atoms with Crippen molar-refractivity contribution in [2.24, 2.45) is 5.92 Å². The van der Waals surface area contributed by atoms with Gasteiger partial charge in [0.25, 0.3) is 0 Å². The van der Waals surface area contributed by atoms with E-state index in [0.717, 1.165) is 12.0 Å². The third kappa shape index (κ3) is 4.28. The first-order valence-electron chi connectivity index (χ1n) is 10.0. The molecule has 0 saturated carbocycles. The zero-order valence-electron chi connectivity index (χ0n) is 16.6. The van der Waals surface area contributed by atoms with Crippen molar-refractivity contribution >= 4 is 11.8 Å². The molecule has 0 N–H and O–H groups in total. The van der Waals surface area contributed by atoms with Crippen molar-refractivity contribution in [3.8, 4) is 0 Å². The fraction of sp³-hybridized carbons (Fsp3) is 0.333. The summed E-state index contributed by atoms with van der Waals surface area (Å²) in [6.45, 7) is 0. The van der Waals surface area contributed by atoms with E-state index in [4.69, 9.17) is 14.2 Å². The number of rotatable bonds is 5. The molecule has 6 heteroatoms. The Balaban J connectivity index is 1.53. The molecule has 30 heavy (non-hydrogen) atoms. The lowest BCUT2D eigenvalue weighted by molar-refractivity contribution is -0.215. The van der Waals surface area contributed by atoms with E-state index in [1.165, 1.54) is 19.2 Å². The first-order valence-corrected chi connectivity index (χ1v) is 10.0. The van der Waals surface area contributed by atoms with Gasteiger partial charge in [-0.25, -0.2) is 9.18 Å². The highest BCUT2D eigenvalue weighted by molar-refractivity contribution is 5.96. The summed E-state index contributed by atoms with van der Waals surface area (Å²) >= 11 is 0. The molecular weight excluding hydrogens is 387 g/mol. The number of carbonyl (C=O) groups is 2. The number of halogens is 1. The molecular formula is C24H23FO5. The Bertz CT molecular complexity index is 938. The van der Waals surface area contributed by atoms with Gasteiger partial charge in [-0.3, -0.25) is 4.79 Å². The minimum absolute atomic E-state index is 0.00803.